The summed E-state index contributed by atoms with van der Waals surface area (Å²) < 4.78 is 5.97. The Morgan fingerprint density at radius 3 is 2.33 bits per heavy atom. The van der Waals surface area contributed by atoms with Crippen LogP contribution < -0.4 is 10.6 Å². The normalized spacial score (nSPS) is 24.9. The van der Waals surface area contributed by atoms with E-state index >= 15 is 0 Å². The van der Waals surface area contributed by atoms with Gasteiger partial charge in [0.25, 0.3) is 0 Å². The van der Waals surface area contributed by atoms with Gasteiger partial charge in [-0.15, -0.1) is 0 Å². The van der Waals surface area contributed by atoms with Crippen molar-refractivity contribution >= 4 is 11.8 Å². The Labute approximate surface area is 218 Å². The molecule has 1 aromatic heterocycles. The summed E-state index contributed by atoms with van der Waals surface area (Å²) >= 11 is 0. The van der Waals surface area contributed by atoms with Gasteiger partial charge in [0.2, 0.25) is 11.8 Å². The Morgan fingerprint density at radius 2 is 1.67 bits per heavy atom. The molecule has 0 radical (unpaired) electrons. The number of ether oxygens (including phenoxy) is 1. The van der Waals surface area contributed by atoms with Crippen LogP contribution in [0, 0.1) is 17.3 Å². The molecule has 2 atom stereocenters. The average molecular weight is 501 g/mol. The van der Waals surface area contributed by atoms with Crippen LogP contribution in [0.25, 0.3) is 0 Å². The number of nitrogens with zero attached hydrogens (tertiary/aromatic N) is 2. The summed E-state index contributed by atoms with van der Waals surface area (Å²) in [6.07, 6.45) is 10.8. The molecule has 1 spiro atoms. The molecule has 2 aliphatic heterocycles. The first kappa shape index (κ1) is 28.6. The maximum absolute atomic E-state index is 13.9. The van der Waals surface area contributed by atoms with Crippen LogP contribution in [-0.4, -0.2) is 60.1 Å². The molecule has 2 fully saturated rings. The van der Waals surface area contributed by atoms with Gasteiger partial charge in [0.05, 0.1) is 18.1 Å². The van der Waals surface area contributed by atoms with Crippen LogP contribution in [0.2, 0.25) is 0 Å². The zero-order valence-electron chi connectivity index (χ0n) is 22.9. The Kier molecular flexibility index (Phi) is 11.2. The number of likely N-dealkylation sites (tertiary alicyclic amines) is 1. The highest BCUT2D eigenvalue weighted by atomic mass is 16.5. The van der Waals surface area contributed by atoms with Crippen molar-refractivity contribution in [3.05, 3.63) is 30.1 Å². The minimum atomic E-state index is -0.512. The third-order valence-corrected chi connectivity index (χ3v) is 7.64. The van der Waals surface area contributed by atoms with Crippen LogP contribution in [0.15, 0.2) is 24.5 Å². The minimum absolute atomic E-state index is 0.0302. The molecule has 2 saturated heterocycles. The van der Waals surface area contributed by atoms with Crippen molar-refractivity contribution in [1.82, 2.24) is 20.5 Å². The number of amides is 2. The standard InChI is InChI=1S/C29H48N4O3/c1-22(2)18-25-21-36-17-7-5-6-10-29(28(35)32-26(19-23(3)4)27(34)31-25)11-15-33(16-12-29)20-24-8-13-30-14-9-24/h8-9,13-14,22-23,25-26H,5-7,10-12,15-21H2,1-4H3,(H,31,34)(H,32,35)/t25-,26-/m0/s1. The topological polar surface area (TPSA) is 83.6 Å². The van der Waals surface area contributed by atoms with Gasteiger partial charge in [-0.05, 0) is 81.1 Å². The molecule has 3 heterocycles. The Morgan fingerprint density at radius 1 is 0.972 bits per heavy atom. The van der Waals surface area contributed by atoms with Crippen molar-refractivity contribution in [2.75, 3.05) is 26.3 Å². The van der Waals surface area contributed by atoms with Crippen molar-refractivity contribution in [3.63, 3.8) is 0 Å². The van der Waals surface area contributed by atoms with Crippen LogP contribution in [0.4, 0.5) is 0 Å². The highest BCUT2D eigenvalue weighted by Gasteiger charge is 2.42. The van der Waals surface area contributed by atoms with Gasteiger partial charge in [-0.2, -0.15) is 0 Å². The van der Waals surface area contributed by atoms with Gasteiger partial charge in [-0.1, -0.05) is 40.5 Å². The lowest BCUT2D eigenvalue weighted by molar-refractivity contribution is -0.139. The van der Waals surface area contributed by atoms with Crippen molar-refractivity contribution in [3.8, 4) is 0 Å². The van der Waals surface area contributed by atoms with E-state index in [2.05, 4.69) is 60.3 Å². The second-order valence-electron chi connectivity index (χ2n) is 11.8. The van der Waals surface area contributed by atoms with Crippen LogP contribution >= 0.6 is 0 Å². The molecule has 1 aromatic rings. The first-order chi connectivity index (χ1) is 17.3. The van der Waals surface area contributed by atoms with E-state index in [0.29, 0.717) is 31.5 Å². The zero-order chi connectivity index (χ0) is 26.0. The fraction of sp³-hybridized carbons (Fsp3) is 0.759. The molecule has 3 rings (SSSR count). The largest absolute Gasteiger partial charge is 0.379 e. The van der Waals surface area contributed by atoms with E-state index in [4.69, 9.17) is 4.74 Å². The molecule has 2 aliphatic rings. The second-order valence-corrected chi connectivity index (χ2v) is 11.8. The number of pyridine rings is 1. The molecule has 36 heavy (non-hydrogen) atoms. The summed E-state index contributed by atoms with van der Waals surface area (Å²) in [5, 5.41) is 6.44. The van der Waals surface area contributed by atoms with E-state index < -0.39 is 11.5 Å². The second kappa shape index (κ2) is 14.1. The first-order valence-electron chi connectivity index (χ1n) is 14.1. The smallest absolute Gasteiger partial charge is 0.242 e. The van der Waals surface area contributed by atoms with E-state index in [1.165, 1.54) is 5.56 Å². The summed E-state index contributed by atoms with van der Waals surface area (Å²) in [6.45, 7) is 12.4. The number of rotatable bonds is 6. The molecule has 0 unspecified atom stereocenters. The Hall–Kier alpha value is -1.99. The minimum Gasteiger partial charge on any atom is -0.379 e. The van der Waals surface area contributed by atoms with Gasteiger partial charge in [-0.25, -0.2) is 0 Å². The van der Waals surface area contributed by atoms with Crippen LogP contribution in [0.5, 0.6) is 0 Å². The molecule has 202 valence electrons. The molecule has 2 amide bonds. The predicted octanol–water partition coefficient (Wildman–Crippen LogP) is 4.32. The third-order valence-electron chi connectivity index (χ3n) is 7.64. The molecule has 7 nitrogen and oxygen atoms in total. The highest BCUT2D eigenvalue weighted by molar-refractivity contribution is 5.90. The molecule has 7 heteroatoms. The molecule has 0 aliphatic carbocycles. The predicted molar refractivity (Wildman–Crippen MR) is 143 cm³/mol. The van der Waals surface area contributed by atoms with Crippen molar-refractivity contribution in [1.29, 1.82) is 0 Å². The number of piperidine rings is 1. The molecular weight excluding hydrogens is 452 g/mol. The third kappa shape index (κ3) is 8.84. The molecule has 0 bridgehead atoms. The van der Waals surface area contributed by atoms with Crippen LogP contribution in [-0.2, 0) is 20.9 Å². The average Bonchev–Trinajstić information content (AvgIpc) is 2.83. The number of carbonyl (C=O) groups excluding carboxylic acids is 2. The SMILES string of the molecule is CC(C)C[C@H]1COCCCCCC2(CCN(Cc3ccncc3)CC2)C(=O)N[C@@H](CC(C)C)C(=O)N1. The monoisotopic (exact) mass is 500 g/mol. The lowest BCUT2D eigenvalue weighted by Crippen LogP contribution is -2.56. The number of hydrogen-bond donors (Lipinski definition) is 2. The maximum atomic E-state index is 13.9. The Balaban J connectivity index is 1.73. The van der Waals surface area contributed by atoms with Gasteiger partial charge in [0.15, 0.2) is 0 Å². The van der Waals surface area contributed by atoms with E-state index in [1.807, 2.05) is 12.4 Å². The van der Waals surface area contributed by atoms with Crippen molar-refractivity contribution < 1.29 is 14.3 Å². The fourth-order valence-corrected chi connectivity index (χ4v) is 5.60. The van der Waals surface area contributed by atoms with Gasteiger partial charge in [0.1, 0.15) is 6.04 Å². The summed E-state index contributed by atoms with van der Waals surface area (Å²) in [6, 6.07) is 3.57. The van der Waals surface area contributed by atoms with E-state index in [9.17, 15) is 9.59 Å². The summed E-state index contributed by atoms with van der Waals surface area (Å²) in [4.78, 5) is 33.8. The highest BCUT2D eigenvalue weighted by Crippen LogP contribution is 2.38. The van der Waals surface area contributed by atoms with E-state index in [1.54, 1.807) is 0 Å². The van der Waals surface area contributed by atoms with Crippen molar-refractivity contribution in [2.24, 2.45) is 17.3 Å². The van der Waals surface area contributed by atoms with Crippen LogP contribution in [0.1, 0.15) is 84.6 Å². The molecule has 0 saturated carbocycles. The van der Waals surface area contributed by atoms with E-state index in [-0.39, 0.29) is 17.9 Å². The molecular formula is C29H48N4O3. The van der Waals surface area contributed by atoms with Gasteiger partial charge < -0.3 is 15.4 Å². The van der Waals surface area contributed by atoms with Gasteiger partial charge in [-0.3, -0.25) is 19.5 Å². The molecule has 2 N–H and O–H groups in total. The fourth-order valence-electron chi connectivity index (χ4n) is 5.60. The van der Waals surface area contributed by atoms with E-state index in [0.717, 1.165) is 64.6 Å². The zero-order valence-corrected chi connectivity index (χ0v) is 22.9. The summed E-state index contributed by atoms with van der Waals surface area (Å²) in [5.74, 6) is 0.753. The lowest BCUT2D eigenvalue weighted by Gasteiger charge is -2.42. The molecule has 0 aromatic carbocycles. The number of hydrogen-bond acceptors (Lipinski definition) is 5. The first-order valence-corrected chi connectivity index (χ1v) is 14.1. The number of aromatic nitrogens is 1. The quantitative estimate of drug-likeness (QED) is 0.608. The van der Waals surface area contributed by atoms with Crippen LogP contribution in [0.3, 0.4) is 0 Å². The Bertz CT molecular complexity index is 806. The van der Waals surface area contributed by atoms with Gasteiger partial charge in [0, 0.05) is 25.5 Å². The van der Waals surface area contributed by atoms with Gasteiger partial charge >= 0.3 is 0 Å². The summed E-state index contributed by atoms with van der Waals surface area (Å²) in [7, 11) is 0. The lowest BCUT2D eigenvalue weighted by atomic mass is 9.73. The number of nitrogens with one attached hydrogen (secondary N) is 2. The van der Waals surface area contributed by atoms with Crippen molar-refractivity contribution in [2.45, 2.75) is 97.7 Å². The summed E-state index contributed by atoms with van der Waals surface area (Å²) in [5.41, 5.74) is 0.841. The number of carbonyl (C=O) groups is 2. The maximum Gasteiger partial charge on any atom is 0.242 e.